The van der Waals surface area contributed by atoms with E-state index in [1.54, 1.807) is 6.92 Å². The number of hydrogen-bond acceptors (Lipinski definition) is 3. The fourth-order valence-electron chi connectivity index (χ4n) is 1.23. The molecule has 0 radical (unpaired) electrons. The summed E-state index contributed by atoms with van der Waals surface area (Å²) in [6.07, 6.45) is 0.333. The number of aliphatic hydroxyl groups excluding tert-OH is 2. The van der Waals surface area contributed by atoms with Gasteiger partial charge in [0.1, 0.15) is 12.4 Å². The van der Waals surface area contributed by atoms with Crippen molar-refractivity contribution in [2.24, 2.45) is 0 Å². The second-order valence-corrected chi connectivity index (χ2v) is 3.27. The lowest BCUT2D eigenvalue weighted by Gasteiger charge is -2.06. The Labute approximate surface area is 84.0 Å². The van der Waals surface area contributed by atoms with Crippen molar-refractivity contribution < 1.29 is 14.9 Å². The van der Waals surface area contributed by atoms with E-state index in [0.717, 1.165) is 11.3 Å². The predicted molar refractivity (Wildman–Crippen MR) is 54.4 cm³/mol. The molecular formula is C11H16O3. The highest BCUT2D eigenvalue weighted by Gasteiger charge is 1.99. The van der Waals surface area contributed by atoms with Crippen LogP contribution in [-0.2, 0) is 6.42 Å². The topological polar surface area (TPSA) is 49.7 Å². The zero-order valence-corrected chi connectivity index (χ0v) is 8.31. The summed E-state index contributed by atoms with van der Waals surface area (Å²) in [4.78, 5) is 0. The first kappa shape index (κ1) is 11.0. The van der Waals surface area contributed by atoms with Crippen LogP contribution >= 0.6 is 0 Å². The third kappa shape index (κ3) is 3.77. The maximum atomic E-state index is 9.15. The molecule has 0 amide bonds. The Bertz CT molecular complexity index is 254. The highest BCUT2D eigenvalue weighted by Crippen LogP contribution is 2.13. The summed E-state index contributed by atoms with van der Waals surface area (Å²) in [7, 11) is 0. The van der Waals surface area contributed by atoms with Gasteiger partial charge in [-0.3, -0.25) is 0 Å². The normalized spacial score (nSPS) is 12.5. The molecule has 0 spiro atoms. The van der Waals surface area contributed by atoms with E-state index >= 15 is 0 Å². The summed E-state index contributed by atoms with van der Waals surface area (Å²) >= 11 is 0. The second-order valence-electron chi connectivity index (χ2n) is 3.27. The Morgan fingerprint density at radius 3 is 2.43 bits per heavy atom. The first-order chi connectivity index (χ1) is 6.72. The van der Waals surface area contributed by atoms with Gasteiger partial charge >= 0.3 is 0 Å². The Balaban J connectivity index is 2.50. The van der Waals surface area contributed by atoms with Crippen molar-refractivity contribution in [3.05, 3.63) is 29.8 Å². The molecule has 1 unspecified atom stereocenters. The first-order valence-electron chi connectivity index (χ1n) is 4.73. The van der Waals surface area contributed by atoms with Crippen LogP contribution in [0.25, 0.3) is 0 Å². The number of benzene rings is 1. The number of hydrogen-bond donors (Lipinski definition) is 2. The molecule has 78 valence electrons. The highest BCUT2D eigenvalue weighted by molar-refractivity contribution is 5.27. The molecule has 0 heterocycles. The molecule has 0 aliphatic carbocycles. The minimum Gasteiger partial charge on any atom is -0.491 e. The Kier molecular flexibility index (Phi) is 4.43. The van der Waals surface area contributed by atoms with Crippen molar-refractivity contribution in [3.8, 4) is 5.75 Å². The fraction of sp³-hybridized carbons (Fsp3) is 0.455. The molecule has 14 heavy (non-hydrogen) atoms. The van der Waals surface area contributed by atoms with E-state index in [0.29, 0.717) is 13.0 Å². The average Bonchev–Trinajstić information content (AvgIpc) is 2.16. The van der Waals surface area contributed by atoms with Gasteiger partial charge in [0.25, 0.3) is 0 Å². The lowest BCUT2D eigenvalue weighted by atomic mass is 10.1. The van der Waals surface area contributed by atoms with Gasteiger partial charge in [-0.2, -0.15) is 0 Å². The smallest absolute Gasteiger partial charge is 0.119 e. The Morgan fingerprint density at radius 2 is 1.93 bits per heavy atom. The maximum Gasteiger partial charge on any atom is 0.119 e. The molecule has 0 saturated heterocycles. The summed E-state index contributed by atoms with van der Waals surface area (Å²) in [5, 5.41) is 17.7. The minimum atomic E-state index is -0.320. The van der Waals surface area contributed by atoms with Crippen LogP contribution in [0.2, 0.25) is 0 Å². The van der Waals surface area contributed by atoms with Crippen molar-refractivity contribution >= 4 is 0 Å². The van der Waals surface area contributed by atoms with Gasteiger partial charge in [-0.15, -0.1) is 0 Å². The summed E-state index contributed by atoms with van der Waals surface area (Å²) in [5.74, 6) is 0.744. The quantitative estimate of drug-likeness (QED) is 0.738. The van der Waals surface area contributed by atoms with Gasteiger partial charge in [-0.1, -0.05) is 12.1 Å². The van der Waals surface area contributed by atoms with Crippen LogP contribution in [0.1, 0.15) is 12.5 Å². The van der Waals surface area contributed by atoms with Gasteiger partial charge < -0.3 is 14.9 Å². The average molecular weight is 196 g/mol. The SMILES string of the molecule is CC(O)Cc1ccc(OCCO)cc1. The molecule has 3 nitrogen and oxygen atoms in total. The summed E-state index contributed by atoms with van der Waals surface area (Å²) in [6.45, 7) is 2.10. The van der Waals surface area contributed by atoms with Crippen LogP contribution in [0.4, 0.5) is 0 Å². The van der Waals surface area contributed by atoms with Crippen LogP contribution < -0.4 is 4.74 Å². The van der Waals surface area contributed by atoms with Crippen LogP contribution in [0.15, 0.2) is 24.3 Å². The van der Waals surface area contributed by atoms with Gasteiger partial charge in [0.2, 0.25) is 0 Å². The van der Waals surface area contributed by atoms with Gasteiger partial charge in [0.15, 0.2) is 0 Å². The van der Waals surface area contributed by atoms with Crippen molar-refractivity contribution in [2.75, 3.05) is 13.2 Å². The standard InChI is InChI=1S/C11H16O3/c1-9(13)8-10-2-4-11(5-3-10)14-7-6-12/h2-5,9,12-13H,6-8H2,1H3. The molecule has 0 aromatic heterocycles. The Hall–Kier alpha value is -1.06. The van der Waals surface area contributed by atoms with E-state index in [1.165, 1.54) is 0 Å². The molecule has 0 aliphatic heterocycles. The van der Waals surface area contributed by atoms with Crippen molar-refractivity contribution in [2.45, 2.75) is 19.4 Å². The maximum absolute atomic E-state index is 9.15. The minimum absolute atomic E-state index is 0.0232. The third-order valence-corrected chi connectivity index (χ3v) is 1.81. The molecule has 2 N–H and O–H groups in total. The van der Waals surface area contributed by atoms with E-state index in [9.17, 15) is 0 Å². The van der Waals surface area contributed by atoms with Crippen LogP contribution in [0, 0.1) is 0 Å². The lowest BCUT2D eigenvalue weighted by Crippen LogP contribution is -2.04. The lowest BCUT2D eigenvalue weighted by molar-refractivity contribution is 0.195. The fourth-order valence-corrected chi connectivity index (χ4v) is 1.23. The molecule has 1 rings (SSSR count). The van der Waals surface area contributed by atoms with Crippen LogP contribution in [0.3, 0.4) is 0 Å². The van der Waals surface area contributed by atoms with Crippen LogP contribution in [-0.4, -0.2) is 29.5 Å². The Morgan fingerprint density at radius 1 is 1.29 bits per heavy atom. The number of ether oxygens (including phenoxy) is 1. The van der Waals surface area contributed by atoms with E-state index < -0.39 is 0 Å². The molecule has 1 aromatic carbocycles. The van der Waals surface area contributed by atoms with Gasteiger partial charge in [-0.05, 0) is 31.0 Å². The number of aliphatic hydroxyl groups is 2. The van der Waals surface area contributed by atoms with Crippen molar-refractivity contribution in [1.29, 1.82) is 0 Å². The largest absolute Gasteiger partial charge is 0.491 e. The summed E-state index contributed by atoms with van der Waals surface area (Å²) in [5.41, 5.74) is 1.08. The molecular weight excluding hydrogens is 180 g/mol. The second kappa shape index (κ2) is 5.62. The number of rotatable bonds is 5. The first-order valence-corrected chi connectivity index (χ1v) is 4.73. The zero-order chi connectivity index (χ0) is 10.4. The van der Waals surface area contributed by atoms with Gasteiger partial charge in [-0.25, -0.2) is 0 Å². The van der Waals surface area contributed by atoms with Crippen molar-refractivity contribution in [1.82, 2.24) is 0 Å². The molecule has 0 bridgehead atoms. The van der Waals surface area contributed by atoms with Gasteiger partial charge in [0.05, 0.1) is 12.7 Å². The molecule has 1 aromatic rings. The monoisotopic (exact) mass is 196 g/mol. The summed E-state index contributed by atoms with van der Waals surface area (Å²) < 4.78 is 5.20. The summed E-state index contributed by atoms with van der Waals surface area (Å²) in [6, 6.07) is 7.51. The third-order valence-electron chi connectivity index (χ3n) is 1.81. The molecule has 0 saturated carbocycles. The van der Waals surface area contributed by atoms with E-state index in [-0.39, 0.29) is 12.7 Å². The van der Waals surface area contributed by atoms with E-state index in [2.05, 4.69) is 0 Å². The highest BCUT2D eigenvalue weighted by atomic mass is 16.5. The van der Waals surface area contributed by atoms with Crippen LogP contribution in [0.5, 0.6) is 5.75 Å². The van der Waals surface area contributed by atoms with Gasteiger partial charge in [0, 0.05) is 0 Å². The molecule has 0 fully saturated rings. The van der Waals surface area contributed by atoms with Crippen molar-refractivity contribution in [3.63, 3.8) is 0 Å². The van der Waals surface area contributed by atoms with E-state index in [4.69, 9.17) is 14.9 Å². The molecule has 3 heteroatoms. The molecule has 1 atom stereocenters. The zero-order valence-electron chi connectivity index (χ0n) is 8.31. The predicted octanol–water partition coefficient (Wildman–Crippen LogP) is 0.981. The van der Waals surface area contributed by atoms with E-state index in [1.807, 2.05) is 24.3 Å². The molecule has 0 aliphatic rings.